The fourth-order valence-corrected chi connectivity index (χ4v) is 6.34. The average Bonchev–Trinajstić information content (AvgIpc) is 0.804. The SMILES string of the molecule is C=Cc1ccncc1.C=Cc1ccncc1.C=Cc1ccncc1.C=Cc1ccncc1.C=Cc1ccncc1.C=Cc1ccncc1.C=Cc1ccncc1.C=Cc1ccncc1.[N-]=C=S.[N-]=C=S.[N-]=C=S.[N-]=C=S.[Ni+2].[Ni+2].c1ccc2c(c1)ccc1ccccc12.c1ccccc1. The minimum absolute atomic E-state index is 0. The van der Waals surface area contributed by atoms with Gasteiger partial charge in [0.1, 0.15) is 0 Å². The van der Waals surface area contributed by atoms with Gasteiger partial charge in [-0.1, -0.05) is 247 Å². The summed E-state index contributed by atoms with van der Waals surface area (Å²) >= 11 is 14.8. The Morgan fingerprint density at radius 2 is 0.337 bits per heavy atom. The van der Waals surface area contributed by atoms with E-state index in [9.17, 15) is 0 Å². The van der Waals surface area contributed by atoms with Crippen LogP contribution in [0.4, 0.5) is 0 Å². The van der Waals surface area contributed by atoms with E-state index < -0.39 is 0 Å². The van der Waals surface area contributed by atoms with Gasteiger partial charge in [0.05, 0.1) is 0 Å². The zero-order valence-electron chi connectivity index (χ0n) is 53.6. The average molecular weight is 1450 g/mol. The van der Waals surface area contributed by atoms with Gasteiger partial charge in [0, 0.05) is 99.1 Å². The van der Waals surface area contributed by atoms with Crippen LogP contribution in [0.1, 0.15) is 44.5 Å². The van der Waals surface area contributed by atoms with Crippen molar-refractivity contribution in [2.24, 2.45) is 0 Å². The van der Waals surface area contributed by atoms with E-state index in [0.29, 0.717) is 0 Å². The summed E-state index contributed by atoms with van der Waals surface area (Å²) < 4.78 is 0. The van der Waals surface area contributed by atoms with E-state index in [1.807, 2.05) is 133 Å². The number of aromatic nitrogens is 8. The van der Waals surface area contributed by atoms with Crippen LogP contribution in [0.15, 0.2) is 346 Å². The van der Waals surface area contributed by atoms with E-state index >= 15 is 0 Å². The Bertz CT molecular complexity index is 3420. The van der Waals surface area contributed by atoms with Crippen LogP contribution in [0, 0.1) is 0 Å². The predicted octanol–water partition coefficient (Wildman–Crippen LogP) is 22.1. The molecule has 0 bridgehead atoms. The van der Waals surface area contributed by atoms with Crippen molar-refractivity contribution in [3.05, 3.63) is 412 Å². The number of isothiocyanates is 4. The van der Waals surface area contributed by atoms with Crippen LogP contribution in [0.25, 0.3) is 91.8 Å². The molecule has 12 aromatic rings. The van der Waals surface area contributed by atoms with Gasteiger partial charge in [-0.05, 0) is 163 Å². The van der Waals surface area contributed by atoms with Crippen LogP contribution in [-0.2, 0) is 33.0 Å². The molecule has 12 rings (SSSR count). The number of hydrogen-bond donors (Lipinski definition) is 0. The maximum Gasteiger partial charge on any atom is 2.00 e. The molecule has 0 aliphatic heterocycles. The van der Waals surface area contributed by atoms with Gasteiger partial charge in [0.15, 0.2) is 0 Å². The molecule has 0 N–H and O–H groups in total. The first-order chi connectivity index (χ1) is 47.1. The van der Waals surface area contributed by atoms with E-state index in [1.165, 1.54) is 42.2 Å². The van der Waals surface area contributed by atoms with Crippen molar-refractivity contribution in [1.82, 2.24) is 39.9 Å². The van der Waals surface area contributed by atoms with Crippen LogP contribution < -0.4 is 0 Å². The number of fused-ring (bicyclic) bond motifs is 3. The quantitative estimate of drug-likeness (QED) is 0.0606. The fourth-order valence-electron chi connectivity index (χ4n) is 6.34. The summed E-state index contributed by atoms with van der Waals surface area (Å²) in [6, 6.07) is 63.9. The summed E-state index contributed by atoms with van der Waals surface area (Å²) in [5, 5.41) is 39.2. The van der Waals surface area contributed by atoms with Crippen molar-refractivity contribution in [2.45, 2.75) is 0 Å². The van der Waals surface area contributed by atoms with Crippen LogP contribution in [0.3, 0.4) is 0 Å². The second-order valence-corrected chi connectivity index (χ2v) is 17.6. The molecule has 0 radical (unpaired) electrons. The first-order valence-corrected chi connectivity index (χ1v) is 29.8. The molecule has 496 valence electrons. The molecule has 0 saturated carbocycles. The van der Waals surface area contributed by atoms with Gasteiger partial charge in [-0.25, -0.2) is 0 Å². The van der Waals surface area contributed by atoms with Crippen molar-refractivity contribution in [2.75, 3.05) is 0 Å². The van der Waals surface area contributed by atoms with E-state index in [-0.39, 0.29) is 33.0 Å². The van der Waals surface area contributed by atoms with Crippen LogP contribution >= 0.6 is 48.9 Å². The molecular formula is C80H72N12Ni2S4. The molecule has 0 aliphatic rings. The first-order valence-electron chi connectivity index (χ1n) is 28.2. The molecule has 18 heteroatoms. The first kappa shape index (κ1) is 93.1. The maximum atomic E-state index is 7.13. The molecule has 0 aliphatic carbocycles. The number of pyridine rings is 8. The van der Waals surface area contributed by atoms with Gasteiger partial charge in [-0.2, -0.15) is 20.6 Å². The second kappa shape index (κ2) is 71.6. The minimum Gasteiger partial charge on any atom is -0.753 e. The van der Waals surface area contributed by atoms with E-state index in [4.69, 9.17) is 21.6 Å². The fraction of sp³-hybridized carbons (Fsp3) is 0. The Morgan fingerprint density at radius 3 is 0.449 bits per heavy atom. The molecular weight excluding hydrogens is 1370 g/mol. The number of hydrogen-bond acceptors (Lipinski definition) is 12. The molecule has 0 spiro atoms. The largest absolute Gasteiger partial charge is 2.00 e. The van der Waals surface area contributed by atoms with Crippen LogP contribution in [-0.4, -0.2) is 60.5 Å². The van der Waals surface area contributed by atoms with Gasteiger partial charge >= 0.3 is 33.0 Å². The van der Waals surface area contributed by atoms with Crippen molar-refractivity contribution in [3.8, 4) is 0 Å². The molecule has 0 fully saturated rings. The molecule has 12 nitrogen and oxygen atoms in total. The number of benzene rings is 4. The number of rotatable bonds is 8. The van der Waals surface area contributed by atoms with Gasteiger partial charge in [0.25, 0.3) is 0 Å². The zero-order valence-corrected chi connectivity index (χ0v) is 58.9. The monoisotopic (exact) mass is 1440 g/mol. The van der Waals surface area contributed by atoms with Crippen LogP contribution in [0.2, 0.25) is 0 Å². The molecule has 0 atom stereocenters. The predicted molar refractivity (Wildman–Crippen MR) is 426 cm³/mol. The molecule has 0 amide bonds. The standard InChI is InChI=1S/C14H10.8C7H7N.C6H6.4CNS.2Ni/c1-3-7-13-11(5-1)9-10-12-6-2-4-8-14(12)13;8*1-2-7-3-5-8-6-4-7;1-2-4-6-5-3-1;4*2-1-3;;/h1-10H;8*2-6H,1H2;1-6H;;;;;;/q;;;;;;;;;;4*-1;2*+2. The number of thiocarbonyl (C=S) groups is 4. The molecule has 8 aromatic heterocycles. The molecule has 4 aromatic carbocycles. The Morgan fingerprint density at radius 1 is 0.214 bits per heavy atom. The molecule has 98 heavy (non-hydrogen) atoms. The van der Waals surface area contributed by atoms with E-state index in [1.54, 1.807) is 148 Å². The van der Waals surface area contributed by atoms with E-state index in [2.05, 4.69) is 202 Å². The molecule has 0 saturated heterocycles. The Hall–Kier alpha value is -11.3. The van der Waals surface area contributed by atoms with E-state index in [0.717, 1.165) is 44.5 Å². The van der Waals surface area contributed by atoms with Gasteiger partial charge < -0.3 is 21.6 Å². The summed E-state index contributed by atoms with van der Waals surface area (Å²) in [4.78, 5) is 30.8. The summed E-state index contributed by atoms with van der Waals surface area (Å²) in [5.41, 5.74) is 8.89. The maximum absolute atomic E-state index is 7.13. The summed E-state index contributed by atoms with van der Waals surface area (Å²) in [5.74, 6) is 0. The van der Waals surface area contributed by atoms with Crippen molar-refractivity contribution >= 4 is 140 Å². The third-order valence-electron chi connectivity index (χ3n) is 10.9. The Balaban J connectivity index is -0.000000494. The topological polar surface area (TPSA) is 192 Å². The van der Waals surface area contributed by atoms with Crippen molar-refractivity contribution in [3.63, 3.8) is 0 Å². The Labute approximate surface area is 619 Å². The van der Waals surface area contributed by atoms with Crippen molar-refractivity contribution < 1.29 is 33.0 Å². The van der Waals surface area contributed by atoms with Gasteiger partial charge in [-0.15, -0.1) is 0 Å². The van der Waals surface area contributed by atoms with Crippen LogP contribution in [0.5, 0.6) is 0 Å². The number of nitrogens with zero attached hydrogens (tertiary/aromatic N) is 12. The van der Waals surface area contributed by atoms with Gasteiger partial charge in [-0.3, -0.25) is 39.9 Å². The summed E-state index contributed by atoms with van der Waals surface area (Å²) in [7, 11) is 0. The molecule has 8 heterocycles. The third kappa shape index (κ3) is 53.1. The summed E-state index contributed by atoms with van der Waals surface area (Å²) in [6.07, 6.45) is 42.3. The smallest absolute Gasteiger partial charge is 0.753 e. The third-order valence-corrected chi connectivity index (χ3v) is 10.9. The zero-order chi connectivity index (χ0) is 71.0. The summed E-state index contributed by atoms with van der Waals surface area (Å²) in [6.45, 7) is 28.8. The minimum atomic E-state index is 0. The molecule has 0 unspecified atom stereocenters. The van der Waals surface area contributed by atoms with Crippen molar-refractivity contribution in [1.29, 1.82) is 0 Å². The Kier molecular flexibility index (Phi) is 68.0. The van der Waals surface area contributed by atoms with Gasteiger partial charge in [0.2, 0.25) is 0 Å². The normalized spacial score (nSPS) is 7.92. The second-order valence-electron chi connectivity index (χ2n) is 16.9.